The van der Waals surface area contributed by atoms with Gasteiger partial charge in [0.05, 0.1) is 5.69 Å². The Hall–Kier alpha value is -2.92. The van der Waals surface area contributed by atoms with Crippen LogP contribution < -0.4 is 0 Å². The Bertz CT molecular complexity index is 1020. The fourth-order valence-corrected chi connectivity index (χ4v) is 3.87. The van der Waals surface area contributed by atoms with Crippen molar-refractivity contribution >= 4 is 27.4 Å². The molecule has 0 atom stereocenters. The number of aromatic carboxylic acids is 1. The van der Waals surface area contributed by atoms with E-state index in [0.717, 1.165) is 16.8 Å². The largest absolute Gasteiger partial charge is 0.477 e. The number of fused-ring (bicyclic) bond motifs is 1. The van der Waals surface area contributed by atoms with Gasteiger partial charge in [0, 0.05) is 29.2 Å². The van der Waals surface area contributed by atoms with Crippen LogP contribution in [-0.2, 0) is 6.54 Å². The first-order chi connectivity index (χ1) is 11.7. The number of rotatable bonds is 4. The van der Waals surface area contributed by atoms with Crippen LogP contribution in [0, 0.1) is 0 Å². The zero-order chi connectivity index (χ0) is 16.5. The van der Waals surface area contributed by atoms with Crippen molar-refractivity contribution < 1.29 is 9.90 Å². The molecule has 0 fully saturated rings. The van der Waals surface area contributed by atoms with Gasteiger partial charge in [0.25, 0.3) is 0 Å². The third kappa shape index (κ3) is 2.49. The molecular formula is C19H14N2O2S. The summed E-state index contributed by atoms with van der Waals surface area (Å²) in [5, 5.41) is 12.8. The smallest absolute Gasteiger partial charge is 0.352 e. The number of nitrogens with zero attached hydrogens (tertiary/aromatic N) is 2. The topological polar surface area (TPSA) is 55.1 Å². The summed E-state index contributed by atoms with van der Waals surface area (Å²) in [6.07, 6.45) is 3.46. The number of benzene rings is 1. The van der Waals surface area contributed by atoms with Gasteiger partial charge in [0.15, 0.2) is 0 Å². The number of hydrogen-bond donors (Lipinski definition) is 1. The van der Waals surface area contributed by atoms with Crippen molar-refractivity contribution in [3.63, 3.8) is 0 Å². The number of carboxylic acid groups (broad SMARTS) is 1. The molecule has 0 bridgehead atoms. The molecule has 0 saturated carbocycles. The van der Waals surface area contributed by atoms with E-state index in [4.69, 9.17) is 0 Å². The van der Waals surface area contributed by atoms with E-state index in [1.54, 1.807) is 29.8 Å². The highest BCUT2D eigenvalue weighted by molar-refractivity contribution is 7.17. The van der Waals surface area contributed by atoms with E-state index in [1.807, 2.05) is 34.9 Å². The van der Waals surface area contributed by atoms with Crippen LogP contribution in [-0.4, -0.2) is 20.6 Å². The fraction of sp³-hybridized carbons (Fsp3) is 0.0526. The van der Waals surface area contributed by atoms with Gasteiger partial charge in [-0.25, -0.2) is 4.79 Å². The summed E-state index contributed by atoms with van der Waals surface area (Å²) >= 11 is 1.68. The van der Waals surface area contributed by atoms with Gasteiger partial charge in [-0.15, -0.1) is 11.3 Å². The van der Waals surface area contributed by atoms with Gasteiger partial charge < -0.3 is 9.67 Å². The maximum Gasteiger partial charge on any atom is 0.352 e. The Morgan fingerprint density at radius 2 is 2.00 bits per heavy atom. The molecular weight excluding hydrogens is 320 g/mol. The van der Waals surface area contributed by atoms with E-state index in [-0.39, 0.29) is 5.69 Å². The summed E-state index contributed by atoms with van der Waals surface area (Å²) in [5.74, 6) is -0.926. The molecule has 3 heterocycles. The Morgan fingerprint density at radius 3 is 2.79 bits per heavy atom. The van der Waals surface area contributed by atoms with Crippen LogP contribution in [0.15, 0.2) is 66.3 Å². The molecule has 1 aromatic carbocycles. The minimum Gasteiger partial charge on any atom is -0.477 e. The zero-order valence-corrected chi connectivity index (χ0v) is 13.5. The number of carbonyl (C=O) groups is 1. The molecule has 0 aliphatic rings. The number of pyridine rings is 1. The quantitative estimate of drug-likeness (QED) is 0.597. The Morgan fingerprint density at radius 1 is 1.12 bits per heavy atom. The monoisotopic (exact) mass is 334 g/mol. The summed E-state index contributed by atoms with van der Waals surface area (Å²) in [4.78, 5) is 15.8. The van der Waals surface area contributed by atoms with E-state index in [0.29, 0.717) is 6.54 Å². The molecule has 0 unspecified atom stereocenters. The van der Waals surface area contributed by atoms with Crippen molar-refractivity contribution in [2.45, 2.75) is 6.54 Å². The molecule has 0 amide bonds. The van der Waals surface area contributed by atoms with Crippen molar-refractivity contribution in [3.05, 3.63) is 77.6 Å². The fourth-order valence-electron chi connectivity index (χ4n) is 2.92. The van der Waals surface area contributed by atoms with Gasteiger partial charge >= 0.3 is 5.97 Å². The van der Waals surface area contributed by atoms with Crippen molar-refractivity contribution in [3.8, 4) is 11.3 Å². The number of thiophene rings is 1. The van der Waals surface area contributed by atoms with Gasteiger partial charge in [0.1, 0.15) is 5.69 Å². The molecule has 0 saturated heterocycles. The molecule has 1 N–H and O–H groups in total. The van der Waals surface area contributed by atoms with E-state index in [2.05, 4.69) is 22.5 Å². The lowest BCUT2D eigenvalue weighted by Gasteiger charge is -2.11. The summed E-state index contributed by atoms with van der Waals surface area (Å²) in [6.45, 7) is 0.517. The molecule has 4 nitrogen and oxygen atoms in total. The lowest BCUT2D eigenvalue weighted by molar-refractivity contribution is 0.0686. The molecule has 5 heteroatoms. The Kier molecular flexibility index (Phi) is 3.63. The highest BCUT2D eigenvalue weighted by Crippen LogP contribution is 2.29. The van der Waals surface area contributed by atoms with Gasteiger partial charge in [-0.1, -0.05) is 18.2 Å². The predicted molar refractivity (Wildman–Crippen MR) is 95.5 cm³/mol. The Balaban J connectivity index is 1.84. The molecule has 0 radical (unpaired) electrons. The van der Waals surface area contributed by atoms with Crippen LogP contribution in [0.25, 0.3) is 21.3 Å². The average molecular weight is 334 g/mol. The predicted octanol–water partition coefficient (Wildman–Crippen LogP) is 4.51. The van der Waals surface area contributed by atoms with E-state index < -0.39 is 5.97 Å². The standard InChI is InChI=1S/C19H14N2O2S/c22-19(23)17-8-7-16(13-4-3-9-20-10-13)21(17)11-14-12-24-18-6-2-1-5-15(14)18/h1-10,12H,11H2,(H,22,23). The van der Waals surface area contributed by atoms with Crippen molar-refractivity contribution in [2.24, 2.45) is 0 Å². The normalized spacial score (nSPS) is 11.0. The highest BCUT2D eigenvalue weighted by Gasteiger charge is 2.17. The third-order valence-corrected chi connectivity index (χ3v) is 5.06. The number of aromatic nitrogens is 2. The Labute approximate surface area is 142 Å². The second kappa shape index (κ2) is 5.94. The summed E-state index contributed by atoms with van der Waals surface area (Å²) in [5.41, 5.74) is 3.17. The summed E-state index contributed by atoms with van der Waals surface area (Å²) < 4.78 is 3.05. The molecule has 0 spiro atoms. The minimum absolute atomic E-state index is 0.282. The van der Waals surface area contributed by atoms with Crippen LogP contribution in [0.5, 0.6) is 0 Å². The van der Waals surface area contributed by atoms with Crippen LogP contribution in [0.1, 0.15) is 16.1 Å². The van der Waals surface area contributed by atoms with E-state index in [9.17, 15) is 9.90 Å². The van der Waals surface area contributed by atoms with Gasteiger partial charge in [-0.3, -0.25) is 4.98 Å². The van der Waals surface area contributed by atoms with Crippen LogP contribution in [0.3, 0.4) is 0 Å². The van der Waals surface area contributed by atoms with Gasteiger partial charge in [-0.2, -0.15) is 0 Å². The maximum absolute atomic E-state index is 11.6. The third-order valence-electron chi connectivity index (χ3n) is 4.05. The van der Waals surface area contributed by atoms with E-state index >= 15 is 0 Å². The zero-order valence-electron chi connectivity index (χ0n) is 12.7. The van der Waals surface area contributed by atoms with Crippen molar-refractivity contribution in [1.82, 2.24) is 9.55 Å². The maximum atomic E-state index is 11.6. The van der Waals surface area contributed by atoms with Crippen LogP contribution >= 0.6 is 11.3 Å². The second-order valence-electron chi connectivity index (χ2n) is 5.49. The first-order valence-electron chi connectivity index (χ1n) is 7.52. The highest BCUT2D eigenvalue weighted by atomic mass is 32.1. The average Bonchev–Trinajstić information content (AvgIpc) is 3.21. The van der Waals surface area contributed by atoms with Crippen LogP contribution in [0.2, 0.25) is 0 Å². The van der Waals surface area contributed by atoms with E-state index in [1.165, 1.54) is 10.1 Å². The molecule has 118 valence electrons. The molecule has 24 heavy (non-hydrogen) atoms. The molecule has 0 aliphatic heterocycles. The van der Waals surface area contributed by atoms with Gasteiger partial charge in [0.2, 0.25) is 0 Å². The molecule has 4 aromatic rings. The second-order valence-corrected chi connectivity index (χ2v) is 6.41. The first-order valence-corrected chi connectivity index (χ1v) is 8.40. The lowest BCUT2D eigenvalue weighted by atomic mass is 10.1. The summed E-state index contributed by atoms with van der Waals surface area (Å²) in [6, 6.07) is 15.5. The van der Waals surface area contributed by atoms with Gasteiger partial charge in [-0.05, 0) is 46.7 Å². The molecule has 0 aliphatic carbocycles. The van der Waals surface area contributed by atoms with Crippen molar-refractivity contribution in [2.75, 3.05) is 0 Å². The molecule has 4 rings (SSSR count). The minimum atomic E-state index is -0.926. The lowest BCUT2D eigenvalue weighted by Crippen LogP contribution is -2.10. The summed E-state index contributed by atoms with van der Waals surface area (Å²) in [7, 11) is 0. The molecule has 3 aromatic heterocycles. The van der Waals surface area contributed by atoms with Crippen molar-refractivity contribution in [1.29, 1.82) is 0 Å². The first kappa shape index (κ1) is 14.7. The number of hydrogen-bond acceptors (Lipinski definition) is 3. The van der Waals surface area contributed by atoms with Crippen LogP contribution in [0.4, 0.5) is 0 Å². The number of carboxylic acids is 1. The SMILES string of the molecule is O=C(O)c1ccc(-c2cccnc2)n1Cc1csc2ccccc12.